The number of anilines is 1. The van der Waals surface area contributed by atoms with E-state index in [4.69, 9.17) is 4.74 Å². The minimum Gasteiger partial charge on any atom is -0.484 e. The van der Waals surface area contributed by atoms with E-state index in [1.165, 1.54) is 0 Å². The molecule has 0 unspecified atom stereocenters. The molecule has 0 spiro atoms. The van der Waals surface area contributed by atoms with Crippen LogP contribution in [0.15, 0.2) is 78.9 Å². The Morgan fingerprint density at radius 1 is 0.840 bits per heavy atom. The minimum absolute atomic E-state index is 0.0112. The molecule has 1 amide bonds. The molecule has 0 heterocycles. The summed E-state index contributed by atoms with van der Waals surface area (Å²) in [6, 6.07) is 25.7. The zero-order valence-corrected chi connectivity index (χ0v) is 14.2. The van der Waals surface area contributed by atoms with E-state index >= 15 is 0 Å². The van der Waals surface area contributed by atoms with E-state index in [9.17, 15) is 4.79 Å². The van der Waals surface area contributed by atoms with Crippen molar-refractivity contribution in [3.05, 3.63) is 84.4 Å². The Kier molecular flexibility index (Phi) is 5.47. The molecule has 0 atom stereocenters. The number of ether oxygens (including phenoxy) is 1. The maximum absolute atomic E-state index is 12.1. The zero-order valence-electron chi connectivity index (χ0n) is 14.2. The summed E-state index contributed by atoms with van der Waals surface area (Å²) in [4.78, 5) is 12.1. The van der Waals surface area contributed by atoms with Gasteiger partial charge in [-0.1, -0.05) is 67.6 Å². The molecule has 25 heavy (non-hydrogen) atoms. The SMILES string of the molecule is CCc1ccccc1NC(=O)COc1ccc(-c2ccccc2)cc1. The summed E-state index contributed by atoms with van der Waals surface area (Å²) < 4.78 is 5.59. The standard InChI is InChI=1S/C22H21NO2/c1-2-17-8-6-7-11-21(17)23-22(24)16-25-20-14-12-19(13-15-20)18-9-4-3-5-10-18/h3-15H,2,16H2,1H3,(H,23,24). The second-order valence-electron chi connectivity index (χ2n) is 5.74. The van der Waals surface area contributed by atoms with Crippen LogP contribution in [0.25, 0.3) is 11.1 Å². The Bertz CT molecular complexity index is 826. The Morgan fingerprint density at radius 3 is 2.20 bits per heavy atom. The number of rotatable bonds is 6. The molecule has 0 aromatic heterocycles. The van der Waals surface area contributed by atoms with Crippen LogP contribution in [-0.2, 0) is 11.2 Å². The number of para-hydroxylation sites is 1. The molecule has 3 heteroatoms. The van der Waals surface area contributed by atoms with E-state index in [0.717, 1.165) is 28.8 Å². The van der Waals surface area contributed by atoms with Crippen molar-refractivity contribution in [2.75, 3.05) is 11.9 Å². The number of hydrogen-bond acceptors (Lipinski definition) is 2. The van der Waals surface area contributed by atoms with Crippen molar-refractivity contribution in [1.29, 1.82) is 0 Å². The molecule has 0 aliphatic rings. The average molecular weight is 331 g/mol. The summed E-state index contributed by atoms with van der Waals surface area (Å²) in [5.41, 5.74) is 4.23. The van der Waals surface area contributed by atoms with Crippen molar-refractivity contribution in [2.45, 2.75) is 13.3 Å². The molecule has 126 valence electrons. The van der Waals surface area contributed by atoms with E-state index in [0.29, 0.717) is 5.75 Å². The highest BCUT2D eigenvalue weighted by atomic mass is 16.5. The third-order valence-electron chi connectivity index (χ3n) is 4.00. The third-order valence-corrected chi connectivity index (χ3v) is 4.00. The number of nitrogens with one attached hydrogen (secondary N) is 1. The van der Waals surface area contributed by atoms with Crippen LogP contribution in [0.5, 0.6) is 5.75 Å². The number of hydrogen-bond donors (Lipinski definition) is 1. The van der Waals surface area contributed by atoms with Crippen LogP contribution in [0.4, 0.5) is 5.69 Å². The maximum Gasteiger partial charge on any atom is 0.262 e. The quantitative estimate of drug-likeness (QED) is 0.695. The fourth-order valence-corrected chi connectivity index (χ4v) is 2.66. The van der Waals surface area contributed by atoms with Gasteiger partial charge in [0.25, 0.3) is 5.91 Å². The number of amides is 1. The predicted octanol–water partition coefficient (Wildman–Crippen LogP) is 4.93. The van der Waals surface area contributed by atoms with Crippen LogP contribution in [-0.4, -0.2) is 12.5 Å². The number of benzene rings is 3. The van der Waals surface area contributed by atoms with Crippen molar-refractivity contribution < 1.29 is 9.53 Å². The smallest absolute Gasteiger partial charge is 0.262 e. The summed E-state index contributed by atoms with van der Waals surface area (Å²) in [5, 5.41) is 2.90. The molecule has 0 aliphatic heterocycles. The fraction of sp³-hybridized carbons (Fsp3) is 0.136. The molecule has 3 aromatic rings. The summed E-state index contributed by atoms with van der Waals surface area (Å²) in [6.07, 6.45) is 0.873. The monoisotopic (exact) mass is 331 g/mol. The van der Waals surface area contributed by atoms with Gasteiger partial charge in [0.1, 0.15) is 5.75 Å². The molecule has 0 fully saturated rings. The minimum atomic E-state index is -0.159. The lowest BCUT2D eigenvalue weighted by atomic mass is 10.1. The summed E-state index contributed by atoms with van der Waals surface area (Å²) in [5.74, 6) is 0.520. The molecule has 3 aromatic carbocycles. The van der Waals surface area contributed by atoms with Crippen LogP contribution in [0.2, 0.25) is 0 Å². The topological polar surface area (TPSA) is 38.3 Å². The molecule has 0 saturated heterocycles. The second-order valence-corrected chi connectivity index (χ2v) is 5.74. The Morgan fingerprint density at radius 2 is 1.48 bits per heavy atom. The van der Waals surface area contributed by atoms with E-state index in [1.807, 2.05) is 66.7 Å². The van der Waals surface area contributed by atoms with Gasteiger partial charge in [0.05, 0.1) is 0 Å². The normalized spacial score (nSPS) is 10.3. The lowest BCUT2D eigenvalue weighted by Crippen LogP contribution is -2.20. The van der Waals surface area contributed by atoms with Gasteiger partial charge in [-0.3, -0.25) is 4.79 Å². The second kappa shape index (κ2) is 8.15. The lowest BCUT2D eigenvalue weighted by molar-refractivity contribution is -0.118. The van der Waals surface area contributed by atoms with Crippen molar-refractivity contribution >= 4 is 11.6 Å². The summed E-state index contributed by atoms with van der Waals surface area (Å²) in [7, 11) is 0. The predicted molar refractivity (Wildman–Crippen MR) is 102 cm³/mol. The highest BCUT2D eigenvalue weighted by Gasteiger charge is 2.06. The molecular formula is C22H21NO2. The Hall–Kier alpha value is -3.07. The van der Waals surface area contributed by atoms with Crippen molar-refractivity contribution in [1.82, 2.24) is 0 Å². The van der Waals surface area contributed by atoms with Crippen LogP contribution in [0, 0.1) is 0 Å². The Balaban J connectivity index is 1.57. The van der Waals surface area contributed by atoms with E-state index in [-0.39, 0.29) is 12.5 Å². The van der Waals surface area contributed by atoms with Crippen molar-refractivity contribution in [3.8, 4) is 16.9 Å². The zero-order chi connectivity index (χ0) is 17.5. The molecule has 0 aliphatic carbocycles. The van der Waals surface area contributed by atoms with Gasteiger partial charge in [0.2, 0.25) is 0 Å². The van der Waals surface area contributed by atoms with Gasteiger partial charge >= 0.3 is 0 Å². The van der Waals surface area contributed by atoms with Gasteiger partial charge in [-0.2, -0.15) is 0 Å². The fourth-order valence-electron chi connectivity index (χ4n) is 2.66. The molecule has 0 saturated carbocycles. The van der Waals surface area contributed by atoms with Crippen molar-refractivity contribution in [3.63, 3.8) is 0 Å². The van der Waals surface area contributed by atoms with E-state index < -0.39 is 0 Å². The van der Waals surface area contributed by atoms with Gasteiger partial charge in [0.15, 0.2) is 6.61 Å². The average Bonchev–Trinajstić information content (AvgIpc) is 2.68. The van der Waals surface area contributed by atoms with Gasteiger partial charge in [-0.25, -0.2) is 0 Å². The van der Waals surface area contributed by atoms with Gasteiger partial charge in [-0.05, 0) is 41.3 Å². The highest BCUT2D eigenvalue weighted by Crippen LogP contribution is 2.22. The largest absolute Gasteiger partial charge is 0.484 e. The lowest BCUT2D eigenvalue weighted by Gasteiger charge is -2.11. The summed E-state index contributed by atoms with van der Waals surface area (Å²) in [6.45, 7) is 2.05. The van der Waals surface area contributed by atoms with E-state index in [1.54, 1.807) is 0 Å². The molecule has 0 radical (unpaired) electrons. The first-order valence-corrected chi connectivity index (χ1v) is 8.42. The first-order chi connectivity index (χ1) is 12.3. The van der Waals surface area contributed by atoms with Gasteiger partial charge in [0, 0.05) is 5.69 Å². The van der Waals surface area contributed by atoms with Gasteiger partial charge in [-0.15, -0.1) is 0 Å². The van der Waals surface area contributed by atoms with Crippen LogP contribution < -0.4 is 10.1 Å². The van der Waals surface area contributed by atoms with Crippen molar-refractivity contribution in [2.24, 2.45) is 0 Å². The molecule has 1 N–H and O–H groups in total. The number of aryl methyl sites for hydroxylation is 1. The Labute approximate surface area is 148 Å². The van der Waals surface area contributed by atoms with Crippen LogP contribution >= 0.6 is 0 Å². The molecule has 0 bridgehead atoms. The highest BCUT2D eigenvalue weighted by molar-refractivity contribution is 5.92. The molecule has 3 rings (SSSR count). The number of carbonyl (C=O) groups excluding carboxylic acids is 1. The van der Waals surface area contributed by atoms with Crippen LogP contribution in [0.1, 0.15) is 12.5 Å². The van der Waals surface area contributed by atoms with E-state index in [2.05, 4.69) is 24.4 Å². The van der Waals surface area contributed by atoms with Gasteiger partial charge < -0.3 is 10.1 Å². The maximum atomic E-state index is 12.1. The van der Waals surface area contributed by atoms with Crippen LogP contribution in [0.3, 0.4) is 0 Å². The number of carbonyl (C=O) groups is 1. The summed E-state index contributed by atoms with van der Waals surface area (Å²) >= 11 is 0. The molecular weight excluding hydrogens is 310 g/mol. The molecule has 3 nitrogen and oxygen atoms in total. The first-order valence-electron chi connectivity index (χ1n) is 8.42. The first kappa shape index (κ1) is 16.8. The third kappa shape index (κ3) is 4.48.